The van der Waals surface area contributed by atoms with E-state index in [0.717, 1.165) is 11.3 Å². The molecule has 0 spiro atoms. The fourth-order valence-corrected chi connectivity index (χ4v) is 1.69. The Bertz CT molecular complexity index is 592. The van der Waals surface area contributed by atoms with Crippen LogP contribution in [0.25, 0.3) is 0 Å². The van der Waals surface area contributed by atoms with Gasteiger partial charge in [0, 0.05) is 11.3 Å². The molecular weight excluding hydrogens is 294 g/mol. The van der Waals surface area contributed by atoms with E-state index in [4.69, 9.17) is 11.0 Å². The first-order chi connectivity index (χ1) is 8.60. The Kier molecular flexibility index (Phi) is 3.44. The maximum absolute atomic E-state index is 8.70. The van der Waals surface area contributed by atoms with Gasteiger partial charge in [0.15, 0.2) is 0 Å². The monoisotopic (exact) mass is 303 g/mol. The number of aromatic nitrogens is 2. The summed E-state index contributed by atoms with van der Waals surface area (Å²) in [4.78, 5) is 8.35. The van der Waals surface area contributed by atoms with Gasteiger partial charge in [-0.25, -0.2) is 4.98 Å². The molecule has 0 radical (unpaired) electrons. The topological polar surface area (TPSA) is 87.6 Å². The molecule has 90 valence electrons. The molecule has 3 N–H and O–H groups in total. The summed E-state index contributed by atoms with van der Waals surface area (Å²) in [5, 5.41) is 11.7. The molecule has 0 aliphatic carbocycles. The summed E-state index contributed by atoms with van der Waals surface area (Å²) in [6.45, 7) is 1.84. The number of hydrogen-bond donors (Lipinski definition) is 2. The highest BCUT2D eigenvalue weighted by atomic mass is 79.9. The van der Waals surface area contributed by atoms with E-state index in [-0.39, 0.29) is 0 Å². The van der Waals surface area contributed by atoms with Crippen molar-refractivity contribution in [3.05, 3.63) is 40.0 Å². The minimum Gasteiger partial charge on any atom is -0.383 e. The zero-order valence-corrected chi connectivity index (χ0v) is 11.2. The van der Waals surface area contributed by atoms with Gasteiger partial charge in [-0.2, -0.15) is 10.2 Å². The van der Waals surface area contributed by atoms with Crippen molar-refractivity contribution in [2.75, 3.05) is 11.1 Å². The standard InChI is InChI=1S/C12H10BrN5/c1-7-10(13)17-12(18-11(7)15)16-9-4-2-8(6-14)3-5-9/h2-5H,1H3,(H3,15,16,17,18). The van der Waals surface area contributed by atoms with Crippen LogP contribution in [-0.4, -0.2) is 9.97 Å². The number of nitrogens with zero attached hydrogens (tertiary/aromatic N) is 3. The number of hydrogen-bond acceptors (Lipinski definition) is 5. The predicted molar refractivity (Wildman–Crippen MR) is 73.3 cm³/mol. The van der Waals surface area contributed by atoms with Gasteiger partial charge in [0.25, 0.3) is 0 Å². The Balaban J connectivity index is 2.26. The molecule has 0 unspecified atom stereocenters. The molecule has 1 aromatic carbocycles. The Hall–Kier alpha value is -2.13. The van der Waals surface area contributed by atoms with E-state index in [9.17, 15) is 0 Å². The van der Waals surface area contributed by atoms with Crippen LogP contribution in [0.5, 0.6) is 0 Å². The number of benzene rings is 1. The van der Waals surface area contributed by atoms with Gasteiger partial charge >= 0.3 is 0 Å². The molecule has 0 aliphatic heterocycles. The molecule has 18 heavy (non-hydrogen) atoms. The maximum atomic E-state index is 8.70. The molecule has 1 heterocycles. The molecule has 0 saturated carbocycles. The second-order valence-corrected chi connectivity index (χ2v) is 4.41. The van der Waals surface area contributed by atoms with Crippen LogP contribution in [0.3, 0.4) is 0 Å². The Morgan fingerprint density at radius 2 is 1.94 bits per heavy atom. The van der Waals surface area contributed by atoms with Crippen molar-refractivity contribution >= 4 is 33.4 Å². The van der Waals surface area contributed by atoms with Gasteiger partial charge in [0.2, 0.25) is 5.95 Å². The molecule has 5 nitrogen and oxygen atoms in total. The predicted octanol–water partition coefficient (Wildman–Crippen LogP) is 2.75. The Morgan fingerprint density at radius 1 is 1.28 bits per heavy atom. The second kappa shape index (κ2) is 5.02. The van der Waals surface area contributed by atoms with Crippen LogP contribution in [0, 0.1) is 18.3 Å². The first-order valence-corrected chi connectivity index (χ1v) is 5.96. The fraction of sp³-hybridized carbons (Fsp3) is 0.0833. The van der Waals surface area contributed by atoms with Crippen LogP contribution < -0.4 is 11.1 Å². The molecular formula is C12H10BrN5. The third-order valence-corrected chi connectivity index (χ3v) is 3.17. The summed E-state index contributed by atoms with van der Waals surface area (Å²) in [7, 11) is 0. The van der Waals surface area contributed by atoms with Crippen LogP contribution in [0.15, 0.2) is 28.9 Å². The number of anilines is 3. The van der Waals surface area contributed by atoms with Crippen molar-refractivity contribution in [3.63, 3.8) is 0 Å². The molecule has 0 bridgehead atoms. The number of halogens is 1. The fourth-order valence-electron chi connectivity index (χ4n) is 1.32. The minimum absolute atomic E-state index is 0.412. The SMILES string of the molecule is Cc1c(N)nc(Nc2ccc(C#N)cc2)nc1Br. The number of nitrogens with two attached hydrogens (primary N) is 1. The van der Waals surface area contributed by atoms with Crippen LogP contribution in [0.4, 0.5) is 17.5 Å². The van der Waals surface area contributed by atoms with E-state index in [2.05, 4.69) is 37.3 Å². The Labute approximate surface area is 113 Å². The van der Waals surface area contributed by atoms with Gasteiger partial charge in [-0.1, -0.05) is 0 Å². The largest absolute Gasteiger partial charge is 0.383 e. The quantitative estimate of drug-likeness (QED) is 0.833. The molecule has 0 atom stereocenters. The first-order valence-electron chi connectivity index (χ1n) is 5.17. The lowest BCUT2D eigenvalue weighted by Gasteiger charge is -2.08. The van der Waals surface area contributed by atoms with E-state index >= 15 is 0 Å². The highest BCUT2D eigenvalue weighted by Gasteiger charge is 2.06. The average Bonchev–Trinajstić information content (AvgIpc) is 2.37. The van der Waals surface area contributed by atoms with Crippen molar-refractivity contribution in [2.24, 2.45) is 0 Å². The average molecular weight is 304 g/mol. The van der Waals surface area contributed by atoms with E-state index in [0.29, 0.717) is 21.9 Å². The third-order valence-electron chi connectivity index (χ3n) is 2.39. The smallest absolute Gasteiger partial charge is 0.230 e. The number of nitrogen functional groups attached to an aromatic ring is 1. The van der Waals surface area contributed by atoms with Crippen molar-refractivity contribution < 1.29 is 0 Å². The zero-order chi connectivity index (χ0) is 13.1. The second-order valence-electron chi connectivity index (χ2n) is 3.66. The minimum atomic E-state index is 0.412. The van der Waals surface area contributed by atoms with Crippen molar-refractivity contribution in [2.45, 2.75) is 6.92 Å². The zero-order valence-electron chi connectivity index (χ0n) is 9.61. The summed E-state index contributed by atoms with van der Waals surface area (Å²) >= 11 is 3.32. The van der Waals surface area contributed by atoms with E-state index in [1.807, 2.05) is 6.92 Å². The summed E-state index contributed by atoms with van der Waals surface area (Å²) in [5.41, 5.74) is 7.96. The van der Waals surface area contributed by atoms with Crippen LogP contribution in [-0.2, 0) is 0 Å². The van der Waals surface area contributed by atoms with Crippen LogP contribution in [0.2, 0.25) is 0 Å². The lowest BCUT2D eigenvalue weighted by atomic mass is 10.2. The molecule has 2 rings (SSSR count). The highest BCUT2D eigenvalue weighted by Crippen LogP contribution is 2.21. The molecule has 2 aromatic rings. The summed E-state index contributed by atoms with van der Waals surface area (Å²) in [5.74, 6) is 0.836. The lowest BCUT2D eigenvalue weighted by molar-refractivity contribution is 1.11. The summed E-state index contributed by atoms with van der Waals surface area (Å²) in [6, 6.07) is 9.06. The number of nitrogens with one attached hydrogen (secondary N) is 1. The van der Waals surface area contributed by atoms with Gasteiger partial charge < -0.3 is 11.1 Å². The maximum Gasteiger partial charge on any atom is 0.230 e. The van der Waals surface area contributed by atoms with Crippen LogP contribution in [0.1, 0.15) is 11.1 Å². The van der Waals surface area contributed by atoms with Crippen molar-refractivity contribution in [3.8, 4) is 6.07 Å². The van der Waals surface area contributed by atoms with E-state index < -0.39 is 0 Å². The van der Waals surface area contributed by atoms with Crippen molar-refractivity contribution in [1.82, 2.24) is 9.97 Å². The number of nitriles is 1. The molecule has 0 aliphatic rings. The van der Waals surface area contributed by atoms with Gasteiger partial charge in [-0.05, 0) is 47.1 Å². The summed E-state index contributed by atoms with van der Waals surface area (Å²) < 4.78 is 0.658. The van der Waals surface area contributed by atoms with Gasteiger partial charge in [-0.15, -0.1) is 0 Å². The molecule has 0 saturated heterocycles. The van der Waals surface area contributed by atoms with E-state index in [1.165, 1.54) is 0 Å². The van der Waals surface area contributed by atoms with Crippen LogP contribution >= 0.6 is 15.9 Å². The molecule has 0 fully saturated rings. The summed E-state index contributed by atoms with van der Waals surface area (Å²) in [6.07, 6.45) is 0. The highest BCUT2D eigenvalue weighted by molar-refractivity contribution is 9.10. The Morgan fingerprint density at radius 3 is 2.50 bits per heavy atom. The van der Waals surface area contributed by atoms with Gasteiger partial charge in [0.05, 0.1) is 11.6 Å². The molecule has 1 aromatic heterocycles. The van der Waals surface area contributed by atoms with Crippen molar-refractivity contribution in [1.29, 1.82) is 5.26 Å². The lowest BCUT2D eigenvalue weighted by Crippen LogP contribution is -2.03. The van der Waals surface area contributed by atoms with E-state index in [1.54, 1.807) is 24.3 Å². The van der Waals surface area contributed by atoms with Gasteiger partial charge in [0.1, 0.15) is 10.4 Å². The molecule has 6 heteroatoms. The third kappa shape index (κ3) is 2.57. The van der Waals surface area contributed by atoms with Gasteiger partial charge in [-0.3, -0.25) is 0 Å². The normalized spacial score (nSPS) is 9.83. The molecule has 0 amide bonds. The first kappa shape index (κ1) is 12.3. The number of rotatable bonds is 2.